The van der Waals surface area contributed by atoms with Crippen LogP contribution in [0, 0.1) is 0 Å². The minimum absolute atomic E-state index is 0.0761. The molecule has 3 atom stereocenters. The second kappa shape index (κ2) is 7.45. The lowest BCUT2D eigenvalue weighted by atomic mass is 10.1. The highest BCUT2D eigenvalue weighted by molar-refractivity contribution is 5.81. The first-order valence-corrected chi connectivity index (χ1v) is 8.67. The maximum Gasteiger partial charge on any atom is 0.251 e. The number of carbonyl (C=O) groups is 1. The first-order valence-electron chi connectivity index (χ1n) is 8.67. The minimum Gasteiger partial charge on any atom is -0.376 e. The molecule has 0 N–H and O–H groups in total. The van der Waals surface area contributed by atoms with Gasteiger partial charge in [0.1, 0.15) is 6.10 Å². The van der Waals surface area contributed by atoms with Crippen LogP contribution in [-0.4, -0.2) is 52.6 Å². The van der Waals surface area contributed by atoms with Crippen LogP contribution in [0.1, 0.15) is 50.6 Å². The number of likely N-dealkylation sites (tertiary alicyclic amines) is 1. The van der Waals surface area contributed by atoms with Crippen molar-refractivity contribution in [2.45, 2.75) is 57.3 Å². The monoisotopic (exact) mass is 321 g/mol. The molecule has 0 aromatic carbocycles. The van der Waals surface area contributed by atoms with E-state index in [9.17, 15) is 4.79 Å². The zero-order valence-electron chi connectivity index (χ0n) is 14.1. The summed E-state index contributed by atoms with van der Waals surface area (Å²) >= 11 is 0. The Bertz CT molecular complexity index is 525. The van der Waals surface area contributed by atoms with E-state index in [1.807, 2.05) is 31.3 Å². The van der Waals surface area contributed by atoms with Crippen LogP contribution in [0.4, 0.5) is 0 Å². The van der Waals surface area contributed by atoms with E-state index in [0.29, 0.717) is 6.61 Å². The number of ether oxygens (including phenoxy) is 2. The van der Waals surface area contributed by atoms with Gasteiger partial charge in [0.15, 0.2) is 0 Å². The summed E-state index contributed by atoms with van der Waals surface area (Å²) in [6.45, 7) is 3.97. The molecule has 6 heteroatoms. The fourth-order valence-electron chi connectivity index (χ4n) is 3.48. The van der Waals surface area contributed by atoms with Crippen molar-refractivity contribution in [3.8, 4) is 0 Å². The van der Waals surface area contributed by atoms with Crippen LogP contribution in [-0.2, 0) is 21.3 Å². The summed E-state index contributed by atoms with van der Waals surface area (Å²) in [5.74, 6) is 0.0761. The Morgan fingerprint density at radius 1 is 1.43 bits per heavy atom. The topological polar surface area (TPSA) is 56.6 Å². The molecule has 2 aliphatic rings. The number of nitrogens with zero attached hydrogens (tertiary/aromatic N) is 3. The van der Waals surface area contributed by atoms with E-state index in [-0.39, 0.29) is 18.1 Å². The number of amides is 1. The van der Waals surface area contributed by atoms with Crippen molar-refractivity contribution in [1.29, 1.82) is 0 Å². The van der Waals surface area contributed by atoms with E-state index in [1.54, 1.807) is 4.68 Å². The summed E-state index contributed by atoms with van der Waals surface area (Å²) in [5.41, 5.74) is 1.11. The first kappa shape index (κ1) is 16.5. The lowest BCUT2D eigenvalue weighted by molar-refractivity contribution is -0.147. The van der Waals surface area contributed by atoms with Crippen LogP contribution in [0.2, 0.25) is 0 Å². The van der Waals surface area contributed by atoms with Crippen LogP contribution >= 0.6 is 0 Å². The summed E-state index contributed by atoms with van der Waals surface area (Å²) in [7, 11) is 1.90. The smallest absolute Gasteiger partial charge is 0.251 e. The van der Waals surface area contributed by atoms with Crippen molar-refractivity contribution >= 4 is 5.91 Å². The average molecular weight is 321 g/mol. The predicted molar refractivity (Wildman–Crippen MR) is 85.9 cm³/mol. The zero-order chi connectivity index (χ0) is 16.2. The molecule has 2 fully saturated rings. The number of carbonyl (C=O) groups excluding carboxylic acids is 1. The molecule has 0 radical (unpaired) electrons. The molecule has 128 valence electrons. The first-order chi connectivity index (χ1) is 11.1. The van der Waals surface area contributed by atoms with Gasteiger partial charge in [0, 0.05) is 32.0 Å². The third-order valence-corrected chi connectivity index (χ3v) is 4.80. The van der Waals surface area contributed by atoms with Crippen LogP contribution in [0.3, 0.4) is 0 Å². The third-order valence-electron chi connectivity index (χ3n) is 4.80. The largest absolute Gasteiger partial charge is 0.376 e. The highest BCUT2D eigenvalue weighted by Crippen LogP contribution is 2.32. The molecule has 0 bridgehead atoms. The number of hydrogen-bond donors (Lipinski definition) is 0. The van der Waals surface area contributed by atoms with Gasteiger partial charge in [0.2, 0.25) is 0 Å². The highest BCUT2D eigenvalue weighted by Gasteiger charge is 2.33. The van der Waals surface area contributed by atoms with Gasteiger partial charge >= 0.3 is 0 Å². The van der Waals surface area contributed by atoms with Gasteiger partial charge in [-0.1, -0.05) is 0 Å². The Morgan fingerprint density at radius 3 is 3.00 bits per heavy atom. The Hall–Kier alpha value is -1.40. The second-order valence-corrected chi connectivity index (χ2v) is 6.60. The molecular weight excluding hydrogens is 294 g/mol. The minimum atomic E-state index is -0.419. The second-order valence-electron chi connectivity index (χ2n) is 6.60. The van der Waals surface area contributed by atoms with Gasteiger partial charge in [-0.2, -0.15) is 5.10 Å². The zero-order valence-corrected chi connectivity index (χ0v) is 14.1. The van der Waals surface area contributed by atoms with Crippen LogP contribution in [0.5, 0.6) is 0 Å². The van der Waals surface area contributed by atoms with Gasteiger partial charge in [-0.3, -0.25) is 9.48 Å². The van der Waals surface area contributed by atoms with Gasteiger partial charge in [-0.15, -0.1) is 0 Å². The lowest BCUT2D eigenvalue weighted by Gasteiger charge is -2.28. The molecule has 1 aromatic rings. The summed E-state index contributed by atoms with van der Waals surface area (Å²) in [6.07, 6.45) is 8.96. The SMILES string of the molecule is C[C@H](OC[C@H]1CCCCO1)C(=O)N1CCC[C@H]1c1cnn(C)c1. The number of hydrogen-bond acceptors (Lipinski definition) is 4. The van der Waals surface area contributed by atoms with Gasteiger partial charge in [-0.05, 0) is 39.0 Å². The highest BCUT2D eigenvalue weighted by atomic mass is 16.5. The van der Waals surface area contributed by atoms with Gasteiger partial charge in [0.05, 0.1) is 24.9 Å². The molecule has 0 unspecified atom stereocenters. The maximum absolute atomic E-state index is 12.7. The van der Waals surface area contributed by atoms with Crippen molar-refractivity contribution in [3.05, 3.63) is 18.0 Å². The Balaban J connectivity index is 1.55. The number of aryl methyl sites for hydroxylation is 1. The van der Waals surface area contributed by atoms with Crippen molar-refractivity contribution in [3.63, 3.8) is 0 Å². The fraction of sp³-hybridized carbons (Fsp3) is 0.765. The van der Waals surface area contributed by atoms with E-state index in [0.717, 1.165) is 44.4 Å². The Morgan fingerprint density at radius 2 is 2.30 bits per heavy atom. The molecule has 23 heavy (non-hydrogen) atoms. The third kappa shape index (κ3) is 3.93. The van der Waals surface area contributed by atoms with Gasteiger partial charge in [0.25, 0.3) is 5.91 Å². The molecule has 0 aliphatic carbocycles. The van der Waals surface area contributed by atoms with E-state index in [2.05, 4.69) is 5.10 Å². The van der Waals surface area contributed by atoms with Crippen molar-refractivity contribution in [2.75, 3.05) is 19.8 Å². The van der Waals surface area contributed by atoms with Crippen LogP contribution in [0.25, 0.3) is 0 Å². The molecular formula is C17H27N3O3. The van der Waals surface area contributed by atoms with E-state index in [4.69, 9.17) is 9.47 Å². The normalized spacial score (nSPS) is 26.4. The summed E-state index contributed by atoms with van der Waals surface area (Å²) in [4.78, 5) is 14.7. The fourth-order valence-corrected chi connectivity index (χ4v) is 3.48. The number of rotatable bonds is 5. The predicted octanol–water partition coefficient (Wildman–Crippen LogP) is 2.06. The summed E-state index contributed by atoms with van der Waals surface area (Å²) in [5, 5.41) is 4.23. The molecule has 3 heterocycles. The van der Waals surface area contributed by atoms with Crippen LogP contribution < -0.4 is 0 Å². The van der Waals surface area contributed by atoms with Gasteiger partial charge in [-0.25, -0.2) is 0 Å². The van der Waals surface area contributed by atoms with E-state index >= 15 is 0 Å². The van der Waals surface area contributed by atoms with E-state index < -0.39 is 6.10 Å². The summed E-state index contributed by atoms with van der Waals surface area (Å²) in [6, 6.07) is 0.133. The number of aromatic nitrogens is 2. The standard InChI is InChI=1S/C17H27N3O3/c1-13(23-12-15-6-3-4-9-22-15)17(21)20-8-5-7-16(20)14-10-18-19(2)11-14/h10-11,13,15-16H,3-9,12H2,1-2H3/t13-,15+,16-/m0/s1. The molecule has 2 aliphatic heterocycles. The summed E-state index contributed by atoms with van der Waals surface area (Å²) < 4.78 is 13.3. The molecule has 6 nitrogen and oxygen atoms in total. The molecule has 0 spiro atoms. The molecule has 0 saturated carbocycles. The van der Waals surface area contributed by atoms with Crippen LogP contribution in [0.15, 0.2) is 12.4 Å². The maximum atomic E-state index is 12.7. The molecule has 3 rings (SSSR count). The van der Waals surface area contributed by atoms with E-state index in [1.165, 1.54) is 6.42 Å². The van der Waals surface area contributed by atoms with Crippen molar-refractivity contribution in [1.82, 2.24) is 14.7 Å². The molecule has 1 aromatic heterocycles. The Kier molecular flexibility index (Phi) is 5.33. The average Bonchev–Trinajstić information content (AvgIpc) is 3.21. The quantitative estimate of drug-likeness (QED) is 0.833. The van der Waals surface area contributed by atoms with Crippen molar-refractivity contribution < 1.29 is 14.3 Å². The lowest BCUT2D eigenvalue weighted by Crippen LogP contribution is -2.40. The molecule has 2 saturated heterocycles. The van der Waals surface area contributed by atoms with Crippen molar-refractivity contribution in [2.24, 2.45) is 7.05 Å². The Labute approximate surface area is 137 Å². The molecule has 1 amide bonds. The van der Waals surface area contributed by atoms with Gasteiger partial charge < -0.3 is 14.4 Å².